The molecule has 0 unspecified atom stereocenters. The molecule has 2 N–H and O–H groups in total. The molecule has 32 heavy (non-hydrogen) atoms. The molecule has 2 aliphatic carbocycles. The number of rotatable bonds is 9. The van der Waals surface area contributed by atoms with Gasteiger partial charge in [-0.05, 0) is 75.5 Å². The van der Waals surface area contributed by atoms with Gasteiger partial charge in [0.2, 0.25) is 5.91 Å². The van der Waals surface area contributed by atoms with Gasteiger partial charge in [-0.2, -0.15) is 0 Å². The molecule has 2 aliphatic rings. The maximum atomic E-state index is 12.5. The second-order valence-corrected chi connectivity index (χ2v) is 9.60. The number of aryl methyl sites for hydroxylation is 2. The van der Waals surface area contributed by atoms with Gasteiger partial charge in [-0.25, -0.2) is 0 Å². The van der Waals surface area contributed by atoms with E-state index in [0.717, 1.165) is 74.3 Å². The Bertz CT molecular complexity index is 978. The minimum Gasteiger partial charge on any atom is -0.481 e. The smallest absolute Gasteiger partial charge is 0.306 e. The third-order valence-corrected chi connectivity index (χ3v) is 7.25. The maximum absolute atomic E-state index is 12.5. The van der Waals surface area contributed by atoms with Crippen LogP contribution in [0.5, 0.6) is 0 Å². The van der Waals surface area contributed by atoms with Gasteiger partial charge in [0.15, 0.2) is 0 Å². The van der Waals surface area contributed by atoms with E-state index >= 15 is 0 Å². The lowest BCUT2D eigenvalue weighted by Gasteiger charge is -2.25. The molecule has 0 saturated heterocycles. The molecule has 0 radical (unpaired) electrons. The van der Waals surface area contributed by atoms with Crippen LogP contribution in [0.2, 0.25) is 5.02 Å². The number of carbonyl (C=O) groups excluding carboxylic acids is 1. The Morgan fingerprint density at radius 1 is 1.09 bits per heavy atom. The fourth-order valence-corrected chi connectivity index (χ4v) is 4.84. The Balaban J connectivity index is 1.32. The Hall–Kier alpha value is -2.41. The number of carbonyl (C=O) groups is 2. The van der Waals surface area contributed by atoms with E-state index < -0.39 is 5.97 Å². The Kier molecular flexibility index (Phi) is 7.13. The van der Waals surface area contributed by atoms with Gasteiger partial charge in [0, 0.05) is 36.0 Å². The number of aliphatic carboxylic acids is 1. The van der Waals surface area contributed by atoms with E-state index in [0.29, 0.717) is 29.8 Å². The van der Waals surface area contributed by atoms with Crippen molar-refractivity contribution in [2.75, 3.05) is 5.32 Å². The maximum Gasteiger partial charge on any atom is 0.306 e. The number of carboxylic acids is 1. The lowest BCUT2D eigenvalue weighted by atomic mass is 9.80. The van der Waals surface area contributed by atoms with Crippen molar-refractivity contribution < 1.29 is 14.7 Å². The average Bonchev–Trinajstić information content (AvgIpc) is 3.54. The second kappa shape index (κ2) is 10.0. The Morgan fingerprint density at radius 3 is 2.44 bits per heavy atom. The molecule has 7 nitrogen and oxygen atoms in total. The zero-order valence-electron chi connectivity index (χ0n) is 18.5. The number of nitrogens with one attached hydrogen (secondary N) is 1. The van der Waals surface area contributed by atoms with E-state index in [1.807, 2.05) is 25.1 Å². The van der Waals surface area contributed by atoms with Gasteiger partial charge >= 0.3 is 5.97 Å². The van der Waals surface area contributed by atoms with Gasteiger partial charge in [-0.15, -0.1) is 10.2 Å². The largest absolute Gasteiger partial charge is 0.481 e. The molecule has 1 amide bonds. The predicted molar refractivity (Wildman–Crippen MR) is 123 cm³/mol. The third kappa shape index (κ3) is 5.49. The van der Waals surface area contributed by atoms with E-state index in [-0.39, 0.29) is 11.8 Å². The van der Waals surface area contributed by atoms with Crippen molar-refractivity contribution in [3.8, 4) is 0 Å². The van der Waals surface area contributed by atoms with Crippen molar-refractivity contribution >= 4 is 29.2 Å². The normalized spacial score (nSPS) is 20.8. The van der Waals surface area contributed by atoms with Crippen LogP contribution in [0.25, 0.3) is 0 Å². The quantitative estimate of drug-likeness (QED) is 0.552. The van der Waals surface area contributed by atoms with Gasteiger partial charge in [-0.3, -0.25) is 9.59 Å². The van der Waals surface area contributed by atoms with Crippen LogP contribution in [0.3, 0.4) is 0 Å². The number of hydrogen-bond donors (Lipinski definition) is 2. The van der Waals surface area contributed by atoms with E-state index in [1.165, 1.54) is 0 Å². The molecular weight excluding hydrogens is 428 g/mol. The monoisotopic (exact) mass is 458 g/mol. The first kappa shape index (κ1) is 22.8. The van der Waals surface area contributed by atoms with Crippen molar-refractivity contribution in [1.29, 1.82) is 0 Å². The van der Waals surface area contributed by atoms with Crippen LogP contribution in [0.1, 0.15) is 74.6 Å². The van der Waals surface area contributed by atoms with Crippen molar-refractivity contribution in [1.82, 2.24) is 14.8 Å². The van der Waals surface area contributed by atoms with Crippen molar-refractivity contribution in [2.45, 2.75) is 77.2 Å². The summed E-state index contributed by atoms with van der Waals surface area (Å²) in [7, 11) is 0. The van der Waals surface area contributed by atoms with Crippen LogP contribution >= 0.6 is 11.6 Å². The van der Waals surface area contributed by atoms with E-state index in [2.05, 4.69) is 20.1 Å². The fraction of sp³-hybridized carbons (Fsp3) is 0.583. The summed E-state index contributed by atoms with van der Waals surface area (Å²) in [6, 6.07) is 5.95. The average molecular weight is 459 g/mol. The van der Waals surface area contributed by atoms with E-state index in [1.54, 1.807) is 0 Å². The zero-order chi connectivity index (χ0) is 22.7. The summed E-state index contributed by atoms with van der Waals surface area (Å²) in [4.78, 5) is 23.7. The Morgan fingerprint density at radius 2 is 1.78 bits per heavy atom. The number of amides is 1. The molecule has 1 heterocycles. The third-order valence-electron chi connectivity index (χ3n) is 6.84. The minimum atomic E-state index is -0.656. The molecular formula is C24H31ClN4O3. The minimum absolute atomic E-state index is 0.0579. The van der Waals surface area contributed by atoms with Gasteiger partial charge in [-0.1, -0.05) is 17.7 Å². The van der Waals surface area contributed by atoms with Crippen molar-refractivity contribution in [3.63, 3.8) is 0 Å². The van der Waals surface area contributed by atoms with E-state index in [9.17, 15) is 14.7 Å². The first-order chi connectivity index (χ1) is 15.4. The van der Waals surface area contributed by atoms with Gasteiger partial charge in [0.1, 0.15) is 11.6 Å². The number of carboxylic acid groups (broad SMARTS) is 1. The first-order valence-electron chi connectivity index (χ1n) is 11.6. The predicted octanol–water partition coefficient (Wildman–Crippen LogP) is 4.97. The molecule has 1 aromatic heterocycles. The second-order valence-electron chi connectivity index (χ2n) is 9.19. The molecule has 0 spiro atoms. The van der Waals surface area contributed by atoms with Crippen LogP contribution in [-0.2, 0) is 22.4 Å². The zero-order valence-corrected chi connectivity index (χ0v) is 19.3. The van der Waals surface area contributed by atoms with E-state index in [4.69, 9.17) is 11.6 Å². The van der Waals surface area contributed by atoms with Gasteiger partial charge in [0.25, 0.3) is 0 Å². The molecule has 0 aliphatic heterocycles. The molecule has 2 fully saturated rings. The highest BCUT2D eigenvalue weighted by molar-refractivity contribution is 6.31. The Labute approximate surface area is 193 Å². The van der Waals surface area contributed by atoms with Crippen LogP contribution < -0.4 is 5.32 Å². The highest BCUT2D eigenvalue weighted by Crippen LogP contribution is 2.38. The van der Waals surface area contributed by atoms with Gasteiger partial charge in [0.05, 0.1) is 5.92 Å². The highest BCUT2D eigenvalue weighted by Gasteiger charge is 2.30. The standard InChI is InChI=1S/C24H31ClN4O3/c1-15-19(25)3-2-4-20(15)26-23(30)14-13-22-28-27-21(29(22)18-10-11-18)12-7-16-5-8-17(9-6-16)24(31)32/h2-4,16-18H,5-14H2,1H3,(H,26,30)(H,31,32). The first-order valence-corrected chi connectivity index (χ1v) is 12.0. The molecule has 0 bridgehead atoms. The molecule has 4 rings (SSSR count). The number of benzene rings is 1. The molecule has 2 aromatic rings. The number of hydrogen-bond acceptors (Lipinski definition) is 4. The fourth-order valence-electron chi connectivity index (χ4n) is 4.67. The summed E-state index contributed by atoms with van der Waals surface area (Å²) < 4.78 is 2.25. The van der Waals surface area contributed by atoms with Crippen molar-refractivity contribution in [2.24, 2.45) is 11.8 Å². The molecule has 172 valence electrons. The lowest BCUT2D eigenvalue weighted by molar-refractivity contribution is -0.143. The molecule has 1 aromatic carbocycles. The summed E-state index contributed by atoms with van der Waals surface area (Å²) in [6.45, 7) is 1.89. The molecule has 8 heteroatoms. The topological polar surface area (TPSA) is 97.1 Å². The summed E-state index contributed by atoms with van der Waals surface area (Å²) in [6.07, 6.45) is 8.56. The highest BCUT2D eigenvalue weighted by atomic mass is 35.5. The van der Waals surface area contributed by atoms with Gasteiger partial charge < -0.3 is 15.0 Å². The SMILES string of the molecule is Cc1c(Cl)cccc1NC(=O)CCc1nnc(CCC2CCC(C(=O)O)CC2)n1C1CC1. The number of nitrogens with zero attached hydrogens (tertiary/aromatic N) is 3. The summed E-state index contributed by atoms with van der Waals surface area (Å²) in [5, 5.41) is 21.7. The van der Waals surface area contributed by atoms with Crippen molar-refractivity contribution in [3.05, 3.63) is 40.4 Å². The van der Waals surface area contributed by atoms with Crippen LogP contribution in [-0.4, -0.2) is 31.7 Å². The lowest BCUT2D eigenvalue weighted by Crippen LogP contribution is -2.22. The molecule has 0 atom stereocenters. The summed E-state index contributed by atoms with van der Waals surface area (Å²) in [5.74, 6) is 1.57. The number of anilines is 1. The van der Waals surface area contributed by atoms with Crippen LogP contribution in [0.15, 0.2) is 18.2 Å². The number of halogens is 1. The molecule has 2 saturated carbocycles. The van der Waals surface area contributed by atoms with Crippen LogP contribution in [0, 0.1) is 18.8 Å². The number of aromatic nitrogens is 3. The van der Waals surface area contributed by atoms with Crippen LogP contribution in [0.4, 0.5) is 5.69 Å². The summed E-state index contributed by atoms with van der Waals surface area (Å²) >= 11 is 6.14. The summed E-state index contributed by atoms with van der Waals surface area (Å²) in [5.41, 5.74) is 1.60.